The summed E-state index contributed by atoms with van der Waals surface area (Å²) >= 11 is 0. The molecule has 14 heavy (non-hydrogen) atoms. The number of hydrogen-bond donors (Lipinski definition) is 0. The number of rotatable bonds is 3. The average molecular weight is 195 g/mol. The normalized spacial score (nSPS) is 25.4. The lowest BCUT2D eigenvalue weighted by Crippen LogP contribution is -2.37. The number of methoxy groups -OCH3 is 1. The van der Waals surface area contributed by atoms with Crippen LogP contribution in [0, 0.1) is 16.7 Å². The molecule has 1 atom stereocenters. The lowest BCUT2D eigenvalue weighted by atomic mass is 9.83. The maximum absolute atomic E-state index is 11.5. The molecule has 76 valence electrons. The quantitative estimate of drug-likeness (QED) is 0.498. The first-order chi connectivity index (χ1) is 6.75. The van der Waals surface area contributed by atoms with Gasteiger partial charge in [-0.2, -0.15) is 5.26 Å². The number of carbonyl (C=O) groups excluding carboxylic acids is 1. The van der Waals surface area contributed by atoms with Gasteiger partial charge in [0.15, 0.2) is 0 Å². The van der Waals surface area contributed by atoms with Crippen LogP contribution < -0.4 is 0 Å². The van der Waals surface area contributed by atoms with E-state index in [1.54, 1.807) is 12.2 Å². The minimum Gasteiger partial charge on any atom is -0.468 e. The Morgan fingerprint density at radius 3 is 3.07 bits per heavy atom. The molecule has 0 aliphatic carbocycles. The third-order valence-corrected chi connectivity index (χ3v) is 2.29. The van der Waals surface area contributed by atoms with Crippen LogP contribution in [0.1, 0.15) is 12.8 Å². The molecule has 1 rings (SSSR count). The molecule has 0 aromatic heterocycles. The lowest BCUT2D eigenvalue weighted by molar-refractivity contribution is -0.154. The van der Waals surface area contributed by atoms with Gasteiger partial charge < -0.3 is 9.47 Å². The minimum atomic E-state index is -0.747. The van der Waals surface area contributed by atoms with E-state index in [4.69, 9.17) is 14.7 Å². The van der Waals surface area contributed by atoms with Gasteiger partial charge in [-0.15, -0.1) is 0 Å². The predicted octanol–water partition coefficient (Wildman–Crippen LogP) is 1.04. The predicted molar refractivity (Wildman–Crippen MR) is 49.3 cm³/mol. The van der Waals surface area contributed by atoms with E-state index in [-0.39, 0.29) is 5.97 Å². The Balaban J connectivity index is 2.78. The van der Waals surface area contributed by atoms with Crippen molar-refractivity contribution in [2.75, 3.05) is 20.3 Å². The van der Waals surface area contributed by atoms with Gasteiger partial charge >= 0.3 is 5.97 Å². The molecule has 0 N–H and O–H groups in total. The fraction of sp³-hybridized carbons (Fsp3) is 0.600. The van der Waals surface area contributed by atoms with E-state index in [9.17, 15) is 4.79 Å². The Bertz CT molecular complexity index is 280. The molecule has 1 aliphatic heterocycles. The van der Waals surface area contributed by atoms with E-state index >= 15 is 0 Å². The molecule has 1 heterocycles. The third-order valence-electron chi connectivity index (χ3n) is 2.29. The molecule has 0 bridgehead atoms. The van der Waals surface area contributed by atoms with Crippen molar-refractivity contribution in [3.63, 3.8) is 0 Å². The molecule has 0 fully saturated rings. The summed E-state index contributed by atoms with van der Waals surface area (Å²) in [5.41, 5.74) is -0.747. The first-order valence-corrected chi connectivity index (χ1v) is 4.46. The summed E-state index contributed by atoms with van der Waals surface area (Å²) in [6, 6.07) is 2.02. The fourth-order valence-corrected chi connectivity index (χ4v) is 1.50. The zero-order valence-corrected chi connectivity index (χ0v) is 8.16. The fourth-order valence-electron chi connectivity index (χ4n) is 1.50. The molecular weight excluding hydrogens is 182 g/mol. The lowest BCUT2D eigenvalue weighted by Gasteiger charge is -2.29. The van der Waals surface area contributed by atoms with Crippen molar-refractivity contribution in [3.05, 3.63) is 12.2 Å². The average Bonchev–Trinajstić information content (AvgIpc) is 2.26. The molecule has 0 saturated heterocycles. The van der Waals surface area contributed by atoms with Crippen molar-refractivity contribution in [2.24, 2.45) is 5.41 Å². The summed E-state index contributed by atoms with van der Waals surface area (Å²) in [6.45, 7) is 0.823. The standard InChI is InChI=1S/C10H13NO3/c1-13-9(12)10(4-2-6-11)5-3-7-14-8-10/h3,5H,2,4,7-8H2,1H3. The minimum absolute atomic E-state index is 0.303. The third kappa shape index (κ3) is 2.12. The second kappa shape index (κ2) is 4.77. The largest absolute Gasteiger partial charge is 0.468 e. The Labute approximate surface area is 83.1 Å². The molecule has 0 amide bonds. The number of carbonyl (C=O) groups is 1. The van der Waals surface area contributed by atoms with Crippen LogP contribution in [0.25, 0.3) is 0 Å². The van der Waals surface area contributed by atoms with E-state index in [2.05, 4.69) is 0 Å². The van der Waals surface area contributed by atoms with Crippen molar-refractivity contribution >= 4 is 5.97 Å². The van der Waals surface area contributed by atoms with Crippen molar-refractivity contribution in [2.45, 2.75) is 12.8 Å². The summed E-state index contributed by atoms with van der Waals surface area (Å²) in [5, 5.41) is 8.50. The van der Waals surface area contributed by atoms with Gasteiger partial charge in [0.25, 0.3) is 0 Å². The van der Waals surface area contributed by atoms with Gasteiger partial charge in [0, 0.05) is 6.42 Å². The molecule has 4 nitrogen and oxygen atoms in total. The number of nitrogens with zero attached hydrogens (tertiary/aromatic N) is 1. The number of nitriles is 1. The monoisotopic (exact) mass is 195 g/mol. The smallest absolute Gasteiger partial charge is 0.318 e. The molecule has 0 spiro atoms. The maximum atomic E-state index is 11.5. The summed E-state index contributed by atoms with van der Waals surface area (Å²) < 4.78 is 9.92. The van der Waals surface area contributed by atoms with Gasteiger partial charge in [-0.1, -0.05) is 12.2 Å². The Kier molecular flexibility index (Phi) is 3.66. The van der Waals surface area contributed by atoms with E-state index in [1.807, 2.05) is 6.07 Å². The van der Waals surface area contributed by atoms with Crippen molar-refractivity contribution in [1.29, 1.82) is 5.26 Å². The van der Waals surface area contributed by atoms with Crippen LogP contribution in [0.4, 0.5) is 0 Å². The van der Waals surface area contributed by atoms with Crippen LogP contribution in [-0.4, -0.2) is 26.3 Å². The Morgan fingerprint density at radius 1 is 1.79 bits per heavy atom. The molecule has 0 aromatic rings. The van der Waals surface area contributed by atoms with Crippen molar-refractivity contribution in [1.82, 2.24) is 0 Å². The van der Waals surface area contributed by atoms with E-state index in [0.717, 1.165) is 0 Å². The van der Waals surface area contributed by atoms with Crippen LogP contribution in [0.15, 0.2) is 12.2 Å². The SMILES string of the molecule is COC(=O)C1(CCC#N)C=CCOC1. The van der Waals surface area contributed by atoms with E-state index in [0.29, 0.717) is 26.1 Å². The molecule has 0 aromatic carbocycles. The molecule has 1 aliphatic rings. The van der Waals surface area contributed by atoms with Gasteiger partial charge in [-0.25, -0.2) is 0 Å². The van der Waals surface area contributed by atoms with E-state index < -0.39 is 5.41 Å². The van der Waals surface area contributed by atoms with Gasteiger partial charge in [-0.05, 0) is 6.42 Å². The Morgan fingerprint density at radius 2 is 2.57 bits per heavy atom. The van der Waals surface area contributed by atoms with Gasteiger partial charge in [-0.3, -0.25) is 4.79 Å². The van der Waals surface area contributed by atoms with Crippen LogP contribution in [0.3, 0.4) is 0 Å². The molecule has 4 heteroatoms. The van der Waals surface area contributed by atoms with E-state index in [1.165, 1.54) is 7.11 Å². The first kappa shape index (κ1) is 10.7. The topological polar surface area (TPSA) is 59.3 Å². The summed E-state index contributed by atoms with van der Waals surface area (Å²) in [5.74, 6) is -0.330. The molecule has 1 unspecified atom stereocenters. The Hall–Kier alpha value is -1.34. The number of ether oxygens (including phenoxy) is 2. The van der Waals surface area contributed by atoms with Crippen LogP contribution >= 0.6 is 0 Å². The van der Waals surface area contributed by atoms with Crippen molar-refractivity contribution in [3.8, 4) is 6.07 Å². The highest BCUT2D eigenvalue weighted by molar-refractivity contribution is 5.79. The second-order valence-corrected chi connectivity index (χ2v) is 3.22. The van der Waals surface area contributed by atoms with Crippen LogP contribution in [0.2, 0.25) is 0 Å². The number of hydrogen-bond acceptors (Lipinski definition) is 4. The van der Waals surface area contributed by atoms with Crippen LogP contribution in [0.5, 0.6) is 0 Å². The van der Waals surface area contributed by atoms with Gasteiger partial charge in [0.05, 0.1) is 26.4 Å². The summed E-state index contributed by atoms with van der Waals surface area (Å²) in [4.78, 5) is 11.5. The van der Waals surface area contributed by atoms with Gasteiger partial charge in [0.1, 0.15) is 5.41 Å². The molecule has 0 saturated carbocycles. The first-order valence-electron chi connectivity index (χ1n) is 4.46. The maximum Gasteiger partial charge on any atom is 0.318 e. The highest BCUT2D eigenvalue weighted by atomic mass is 16.5. The van der Waals surface area contributed by atoms with Gasteiger partial charge in [0.2, 0.25) is 0 Å². The number of esters is 1. The molecule has 0 radical (unpaired) electrons. The van der Waals surface area contributed by atoms with Crippen molar-refractivity contribution < 1.29 is 14.3 Å². The second-order valence-electron chi connectivity index (χ2n) is 3.22. The highest BCUT2D eigenvalue weighted by Crippen LogP contribution is 2.30. The van der Waals surface area contributed by atoms with Crippen LogP contribution in [-0.2, 0) is 14.3 Å². The summed E-state index contributed by atoms with van der Waals surface area (Å²) in [6.07, 6.45) is 4.35. The highest BCUT2D eigenvalue weighted by Gasteiger charge is 2.38. The zero-order valence-electron chi connectivity index (χ0n) is 8.16. The summed E-state index contributed by atoms with van der Waals surface area (Å²) in [7, 11) is 1.35. The zero-order chi connectivity index (χ0) is 10.4. The molecular formula is C10H13NO3.